The van der Waals surface area contributed by atoms with E-state index in [2.05, 4.69) is 4.57 Å². The molecular formula is C37H37F3N6O13S3. The van der Waals surface area contributed by atoms with Crippen LogP contribution in [0.1, 0.15) is 48.7 Å². The van der Waals surface area contributed by atoms with Crippen LogP contribution in [0.5, 0.6) is 0 Å². The number of nitro benzene ring substituents is 2. The van der Waals surface area contributed by atoms with Crippen molar-refractivity contribution in [2.24, 2.45) is 11.8 Å². The average Bonchev–Trinajstić information content (AvgIpc) is 3.85. The van der Waals surface area contributed by atoms with E-state index in [-0.39, 0.29) is 48.2 Å². The van der Waals surface area contributed by atoms with Gasteiger partial charge in [0, 0.05) is 61.7 Å². The number of aliphatic hydroxyl groups is 1. The fourth-order valence-corrected chi connectivity index (χ4v) is 9.80. The number of fused-ring (bicyclic) bond motifs is 2. The molecule has 2 aromatic carbocycles. The van der Waals surface area contributed by atoms with Crippen LogP contribution in [0.25, 0.3) is 10.4 Å². The quantitative estimate of drug-likeness (QED) is 0.0298. The second-order valence-corrected chi connectivity index (χ2v) is 17.6. The number of alkyl halides is 3. The number of esters is 1. The Hall–Kier alpha value is -5.63. The van der Waals surface area contributed by atoms with Crippen molar-refractivity contribution in [3.05, 3.63) is 103 Å². The SMILES string of the molecule is CSc1c2sc(C3=C(C(=O)OCc4ccc([N+](=O)[O-])cc4)N4C(=O)[C@H]([C@@H](C)O)[C@H]4[C@H]3C)cn2c[n+]1C1CCN(C(=O)OCc2ccc([N+](=O)[O-])cc2)CC1.O=S(=O)([O-])C(F)(F)F. The second-order valence-electron chi connectivity index (χ2n) is 14.5. The molecule has 3 aliphatic rings. The Balaban J connectivity index is 0.000000730. The predicted molar refractivity (Wildman–Crippen MR) is 211 cm³/mol. The molecule has 0 unspecified atom stereocenters. The molecule has 2 aromatic heterocycles. The van der Waals surface area contributed by atoms with Gasteiger partial charge >= 0.3 is 17.6 Å². The number of benzene rings is 2. The highest BCUT2D eigenvalue weighted by Gasteiger charge is 2.60. The topological polar surface area (TPSA) is 248 Å². The molecule has 7 rings (SSSR count). The number of β-lactam (4-membered cyclic amide) rings is 1. The Morgan fingerprint density at radius 3 is 1.98 bits per heavy atom. The lowest BCUT2D eigenvalue weighted by Crippen LogP contribution is -2.63. The van der Waals surface area contributed by atoms with Crippen LogP contribution in [-0.4, -0.2) is 97.1 Å². The molecule has 2 fully saturated rings. The lowest BCUT2D eigenvalue weighted by molar-refractivity contribution is -0.756. The maximum atomic E-state index is 13.8. The van der Waals surface area contributed by atoms with Crippen molar-refractivity contribution in [3.8, 4) is 0 Å². The number of aliphatic hydroxyl groups excluding tert-OH is 1. The molecule has 19 nitrogen and oxygen atoms in total. The molecule has 332 valence electrons. The van der Waals surface area contributed by atoms with Gasteiger partial charge in [-0.05, 0) is 48.6 Å². The van der Waals surface area contributed by atoms with Gasteiger partial charge < -0.3 is 28.9 Å². The van der Waals surface area contributed by atoms with Crippen LogP contribution in [0, 0.1) is 32.1 Å². The summed E-state index contributed by atoms with van der Waals surface area (Å²) in [6.45, 7) is 4.37. The van der Waals surface area contributed by atoms with Crippen LogP contribution in [0.2, 0.25) is 0 Å². The lowest BCUT2D eigenvalue weighted by Gasteiger charge is -2.46. The third-order valence-corrected chi connectivity index (χ3v) is 13.2. The zero-order valence-electron chi connectivity index (χ0n) is 32.8. The summed E-state index contributed by atoms with van der Waals surface area (Å²) in [4.78, 5) is 65.8. The smallest absolute Gasteiger partial charge is 0.485 e. The van der Waals surface area contributed by atoms with E-state index in [0.29, 0.717) is 42.6 Å². The molecule has 0 spiro atoms. The van der Waals surface area contributed by atoms with Crippen molar-refractivity contribution in [1.29, 1.82) is 0 Å². The molecule has 0 saturated carbocycles. The van der Waals surface area contributed by atoms with Crippen molar-refractivity contribution in [3.63, 3.8) is 0 Å². The predicted octanol–water partition coefficient (Wildman–Crippen LogP) is 5.16. The first-order valence-corrected chi connectivity index (χ1v) is 22.0. The van der Waals surface area contributed by atoms with E-state index >= 15 is 0 Å². The summed E-state index contributed by atoms with van der Waals surface area (Å²) in [7, 11) is -6.09. The summed E-state index contributed by atoms with van der Waals surface area (Å²) in [5.74, 6) is -1.96. The first kappa shape index (κ1) is 45.9. The Bertz CT molecular complexity index is 2540. The van der Waals surface area contributed by atoms with E-state index in [1.807, 2.05) is 30.1 Å². The number of thioether (sulfide) groups is 1. The monoisotopic (exact) mass is 926 g/mol. The number of nitro groups is 2. The Labute approximate surface area is 358 Å². The van der Waals surface area contributed by atoms with Gasteiger partial charge in [0.2, 0.25) is 15.8 Å². The summed E-state index contributed by atoms with van der Waals surface area (Å²) in [5, 5.41) is 33.4. The number of nitrogens with zero attached hydrogens (tertiary/aromatic N) is 6. The largest absolute Gasteiger partial charge is 0.741 e. The van der Waals surface area contributed by atoms with Crippen molar-refractivity contribution < 1.29 is 69.5 Å². The van der Waals surface area contributed by atoms with Gasteiger partial charge in [0.1, 0.15) is 31.1 Å². The number of hydrogen-bond acceptors (Lipinski definition) is 15. The molecule has 2 amide bonds. The summed E-state index contributed by atoms with van der Waals surface area (Å²) in [5.41, 5.74) is -3.73. The third kappa shape index (κ3) is 9.25. The number of imidazole rings is 1. The van der Waals surface area contributed by atoms with Crippen LogP contribution < -0.4 is 4.57 Å². The van der Waals surface area contributed by atoms with Gasteiger partial charge in [-0.1, -0.05) is 30.0 Å². The van der Waals surface area contributed by atoms with Crippen LogP contribution in [-0.2, 0) is 42.4 Å². The highest BCUT2D eigenvalue weighted by Crippen LogP contribution is 2.52. The molecule has 5 heterocycles. The molecule has 0 aliphatic carbocycles. The zero-order valence-corrected chi connectivity index (χ0v) is 35.2. The van der Waals surface area contributed by atoms with E-state index in [9.17, 15) is 52.9 Å². The number of carbonyl (C=O) groups excluding carboxylic acids is 3. The molecule has 3 aliphatic heterocycles. The van der Waals surface area contributed by atoms with Crippen LogP contribution in [0.4, 0.5) is 29.3 Å². The number of likely N-dealkylation sites (tertiary alicyclic amines) is 1. The van der Waals surface area contributed by atoms with E-state index < -0.39 is 55.6 Å². The van der Waals surface area contributed by atoms with Crippen molar-refractivity contribution >= 4 is 73.0 Å². The van der Waals surface area contributed by atoms with Gasteiger partial charge in [0.05, 0.1) is 32.8 Å². The summed E-state index contributed by atoms with van der Waals surface area (Å²) >= 11 is 3.09. The van der Waals surface area contributed by atoms with E-state index in [4.69, 9.17) is 22.4 Å². The number of piperidine rings is 1. The normalized spacial score (nSPS) is 19.7. The lowest BCUT2D eigenvalue weighted by atomic mass is 9.77. The summed E-state index contributed by atoms with van der Waals surface area (Å²) in [6.07, 6.45) is 6.01. The Morgan fingerprint density at radius 1 is 1.00 bits per heavy atom. The first-order valence-electron chi connectivity index (χ1n) is 18.6. The minimum Gasteiger partial charge on any atom is -0.741 e. The number of aromatic nitrogens is 2. The molecule has 1 N–H and O–H groups in total. The minimum absolute atomic E-state index is 0.0147. The van der Waals surface area contributed by atoms with Gasteiger partial charge in [0.15, 0.2) is 10.1 Å². The van der Waals surface area contributed by atoms with E-state index in [0.717, 1.165) is 14.7 Å². The molecule has 0 radical (unpaired) electrons. The Kier molecular flexibility index (Phi) is 13.3. The fraction of sp³-hybridized carbons (Fsp3) is 0.405. The number of hydrogen-bond donors (Lipinski definition) is 1. The number of halogens is 3. The van der Waals surface area contributed by atoms with Crippen LogP contribution in [0.3, 0.4) is 0 Å². The molecular weight excluding hydrogens is 890 g/mol. The second kappa shape index (κ2) is 18.0. The third-order valence-electron chi connectivity index (χ3n) is 10.6. The molecule has 4 atom stereocenters. The number of non-ortho nitro benzene ring substituents is 2. The maximum Gasteiger partial charge on any atom is 0.485 e. The number of amides is 2. The number of carbonyl (C=O) groups is 3. The average molecular weight is 927 g/mol. The Morgan fingerprint density at radius 2 is 1.52 bits per heavy atom. The van der Waals surface area contributed by atoms with Crippen molar-refractivity contribution in [2.75, 3.05) is 19.3 Å². The maximum absolute atomic E-state index is 13.8. The summed E-state index contributed by atoms with van der Waals surface area (Å²) in [6, 6.07) is 11.3. The zero-order chi connectivity index (χ0) is 45.4. The molecule has 2 saturated heterocycles. The number of thiazole rings is 1. The van der Waals surface area contributed by atoms with Crippen LogP contribution in [0.15, 0.2) is 71.8 Å². The molecule has 0 bridgehead atoms. The summed E-state index contributed by atoms with van der Waals surface area (Å²) < 4.78 is 74.3. The van der Waals surface area contributed by atoms with E-state index in [1.54, 1.807) is 35.7 Å². The number of ether oxygens (including phenoxy) is 2. The van der Waals surface area contributed by atoms with Gasteiger partial charge in [-0.2, -0.15) is 17.6 Å². The standard InChI is InChI=1S/C36H37N6O10S2.CHF3O3S/c1-20-28(31(40-30(20)29(21(2)43)32(40)44)35(45)51-17-22-4-8-25(9-5-22)41(47)48)27-16-38-19-39(34(53-3)33(38)54-27)24-12-14-37(15-13-24)36(46)52-18-23-6-10-26(11-7-23)42(49)50;2-1(3,4)8(5,6)7/h4-11,16,19-21,24,29-30,43H,12-15,17-18H2,1-3H3;(H,5,6,7)/q+1;/p-1/t20-,21+,29+,30+;/m0./s1. The van der Waals surface area contributed by atoms with Crippen molar-refractivity contribution in [2.45, 2.75) is 68.6 Å². The number of rotatable bonds is 11. The highest BCUT2D eigenvalue weighted by molar-refractivity contribution is 7.98. The molecule has 62 heavy (non-hydrogen) atoms. The van der Waals surface area contributed by atoms with Gasteiger partial charge in [-0.25, -0.2) is 22.6 Å². The minimum atomic E-state index is -6.09. The van der Waals surface area contributed by atoms with E-state index in [1.165, 1.54) is 52.6 Å². The highest BCUT2D eigenvalue weighted by atomic mass is 32.2. The molecule has 4 aromatic rings. The van der Waals surface area contributed by atoms with Gasteiger partial charge in [-0.3, -0.25) is 25.0 Å². The van der Waals surface area contributed by atoms with Crippen LogP contribution >= 0.6 is 23.1 Å². The van der Waals surface area contributed by atoms with Crippen molar-refractivity contribution in [1.82, 2.24) is 14.2 Å². The first-order chi connectivity index (χ1) is 29.1. The molecule has 25 heteroatoms. The van der Waals surface area contributed by atoms with Gasteiger partial charge in [0.25, 0.3) is 17.7 Å². The van der Waals surface area contributed by atoms with Gasteiger partial charge in [-0.15, -0.1) is 0 Å². The fourth-order valence-electron chi connectivity index (χ4n) is 7.57.